The van der Waals surface area contributed by atoms with Crippen molar-refractivity contribution in [2.45, 2.75) is 26.4 Å². The Balaban J connectivity index is 2.14. The van der Waals surface area contributed by atoms with E-state index in [2.05, 4.69) is 15.9 Å². The summed E-state index contributed by atoms with van der Waals surface area (Å²) in [7, 11) is 0. The molecule has 130 valence electrons. The lowest BCUT2D eigenvalue weighted by molar-refractivity contribution is 0.0240. The summed E-state index contributed by atoms with van der Waals surface area (Å²) in [6.07, 6.45) is -0.378. The summed E-state index contributed by atoms with van der Waals surface area (Å²) in [5, 5.41) is 9.06. The van der Waals surface area contributed by atoms with E-state index in [-0.39, 0.29) is 17.3 Å². The predicted octanol–water partition coefficient (Wildman–Crippen LogP) is 3.10. The summed E-state index contributed by atoms with van der Waals surface area (Å²) in [6.45, 7) is 7.12. The van der Waals surface area contributed by atoms with Gasteiger partial charge in [0.1, 0.15) is 17.2 Å². The fourth-order valence-electron chi connectivity index (χ4n) is 2.47. The number of nitrogens with zero attached hydrogens (tertiary/aromatic N) is 3. The normalized spacial score (nSPS) is 15.2. The number of carbonyl (C=O) groups is 1. The molecule has 8 heteroatoms. The maximum atomic E-state index is 14.6. The van der Waals surface area contributed by atoms with Crippen molar-refractivity contribution in [3.8, 4) is 6.07 Å². The molecule has 2 N–H and O–H groups in total. The van der Waals surface area contributed by atoms with Crippen LogP contribution >= 0.6 is 15.9 Å². The van der Waals surface area contributed by atoms with Gasteiger partial charge in [0, 0.05) is 30.7 Å². The number of hydrogen-bond donors (Lipinski definition) is 1. The van der Waals surface area contributed by atoms with E-state index in [1.54, 1.807) is 15.9 Å². The largest absolute Gasteiger partial charge is 0.444 e. The van der Waals surface area contributed by atoms with Gasteiger partial charge in [0.05, 0.1) is 11.4 Å². The van der Waals surface area contributed by atoms with Gasteiger partial charge in [0.2, 0.25) is 0 Å². The first-order valence-corrected chi connectivity index (χ1v) is 8.34. The van der Waals surface area contributed by atoms with Crippen molar-refractivity contribution in [2.24, 2.45) is 0 Å². The van der Waals surface area contributed by atoms with Crippen molar-refractivity contribution in [3.63, 3.8) is 0 Å². The molecular formula is C16H20BrFN4O2. The van der Waals surface area contributed by atoms with Crippen molar-refractivity contribution < 1.29 is 13.9 Å². The van der Waals surface area contributed by atoms with Gasteiger partial charge in [-0.15, -0.1) is 0 Å². The van der Waals surface area contributed by atoms with E-state index in [4.69, 9.17) is 15.7 Å². The first kappa shape index (κ1) is 18.3. The number of nitrogens with two attached hydrogens (primary N) is 1. The van der Waals surface area contributed by atoms with Crippen molar-refractivity contribution in [2.75, 3.05) is 36.8 Å². The average Bonchev–Trinajstić information content (AvgIpc) is 2.46. The molecule has 24 heavy (non-hydrogen) atoms. The van der Waals surface area contributed by atoms with Gasteiger partial charge >= 0.3 is 6.09 Å². The zero-order valence-corrected chi connectivity index (χ0v) is 15.5. The van der Waals surface area contributed by atoms with Crippen molar-refractivity contribution in [1.29, 1.82) is 5.26 Å². The molecule has 1 aliphatic heterocycles. The molecular weight excluding hydrogens is 379 g/mol. The molecule has 1 saturated heterocycles. The van der Waals surface area contributed by atoms with Gasteiger partial charge in [-0.1, -0.05) is 0 Å². The number of piperazine rings is 1. The SMILES string of the molecule is CC(C)(C)OC(=O)N1CCN(c2c(Br)cc(N)c(C#N)c2F)CC1. The minimum atomic E-state index is -0.643. The summed E-state index contributed by atoms with van der Waals surface area (Å²) in [5.41, 5.74) is 5.34. The molecule has 0 bridgehead atoms. The van der Waals surface area contributed by atoms with Crippen LogP contribution in [0.1, 0.15) is 26.3 Å². The van der Waals surface area contributed by atoms with Crippen LogP contribution in [0.25, 0.3) is 0 Å². The summed E-state index contributed by atoms with van der Waals surface area (Å²) < 4.78 is 20.4. The molecule has 0 aliphatic carbocycles. The van der Waals surface area contributed by atoms with Crippen LogP contribution in [0.3, 0.4) is 0 Å². The Morgan fingerprint density at radius 3 is 2.46 bits per heavy atom. The Morgan fingerprint density at radius 1 is 1.38 bits per heavy atom. The molecule has 1 heterocycles. The third kappa shape index (κ3) is 3.90. The van der Waals surface area contributed by atoms with Gasteiger partial charge < -0.3 is 20.3 Å². The molecule has 0 unspecified atom stereocenters. The van der Waals surface area contributed by atoms with Crippen LogP contribution in [-0.4, -0.2) is 42.8 Å². The third-order valence-corrected chi connectivity index (χ3v) is 4.19. The van der Waals surface area contributed by atoms with Crippen LogP contribution in [0.5, 0.6) is 0 Å². The van der Waals surface area contributed by atoms with Crippen LogP contribution in [0, 0.1) is 17.1 Å². The minimum absolute atomic E-state index is 0.0954. The number of amides is 1. The smallest absolute Gasteiger partial charge is 0.410 e. The lowest BCUT2D eigenvalue weighted by atomic mass is 10.1. The molecule has 0 radical (unpaired) electrons. The summed E-state index contributed by atoms with van der Waals surface area (Å²) in [6, 6.07) is 3.32. The highest BCUT2D eigenvalue weighted by atomic mass is 79.9. The predicted molar refractivity (Wildman–Crippen MR) is 93.2 cm³/mol. The van der Waals surface area contributed by atoms with Gasteiger partial charge in [-0.2, -0.15) is 5.26 Å². The van der Waals surface area contributed by atoms with Crippen molar-refractivity contribution >= 4 is 33.4 Å². The van der Waals surface area contributed by atoms with Gasteiger partial charge in [-0.3, -0.25) is 0 Å². The molecule has 2 rings (SSSR count). The summed E-state index contributed by atoms with van der Waals surface area (Å²) >= 11 is 3.30. The minimum Gasteiger partial charge on any atom is -0.444 e. The molecule has 0 spiro atoms. The lowest BCUT2D eigenvalue weighted by Crippen LogP contribution is -2.50. The molecule has 1 fully saturated rings. The maximum absolute atomic E-state index is 14.6. The highest BCUT2D eigenvalue weighted by Gasteiger charge is 2.28. The first-order chi connectivity index (χ1) is 11.1. The summed E-state index contributed by atoms with van der Waals surface area (Å²) in [4.78, 5) is 15.5. The fourth-order valence-corrected chi connectivity index (χ4v) is 3.14. The Labute approximate surface area is 149 Å². The molecule has 0 aromatic heterocycles. The molecule has 1 aromatic carbocycles. The second-order valence-corrected chi connectivity index (χ2v) is 7.41. The highest BCUT2D eigenvalue weighted by Crippen LogP contribution is 2.35. The van der Waals surface area contributed by atoms with E-state index in [0.29, 0.717) is 36.3 Å². The monoisotopic (exact) mass is 398 g/mol. The van der Waals surface area contributed by atoms with Crippen molar-refractivity contribution in [1.82, 2.24) is 4.90 Å². The van der Waals surface area contributed by atoms with Crippen LogP contribution in [0.2, 0.25) is 0 Å². The molecule has 1 amide bonds. The number of nitrogen functional groups attached to an aromatic ring is 1. The van der Waals surface area contributed by atoms with Crippen molar-refractivity contribution in [3.05, 3.63) is 21.9 Å². The third-order valence-electron chi connectivity index (χ3n) is 3.58. The number of anilines is 2. The number of halogens is 2. The number of nitriles is 1. The van der Waals surface area contributed by atoms with Crippen LogP contribution in [-0.2, 0) is 4.74 Å². The van der Waals surface area contributed by atoms with E-state index in [9.17, 15) is 9.18 Å². The molecule has 0 saturated carbocycles. The maximum Gasteiger partial charge on any atom is 0.410 e. The molecule has 1 aromatic rings. The van der Waals surface area contributed by atoms with E-state index >= 15 is 0 Å². The average molecular weight is 399 g/mol. The van der Waals surface area contributed by atoms with E-state index < -0.39 is 11.4 Å². The standard InChI is InChI=1S/C16H20BrFN4O2/c1-16(2,3)24-15(23)22-6-4-21(5-7-22)14-11(17)8-12(20)10(9-19)13(14)18/h8H,4-7,20H2,1-3H3. The Kier molecular flexibility index (Phi) is 5.23. The van der Waals surface area contributed by atoms with Gasteiger partial charge in [0.25, 0.3) is 0 Å². The number of ether oxygens (including phenoxy) is 1. The lowest BCUT2D eigenvalue weighted by Gasteiger charge is -2.37. The Bertz CT molecular complexity index is 689. The number of carbonyl (C=O) groups excluding carboxylic acids is 1. The van der Waals surface area contributed by atoms with Crippen LogP contribution < -0.4 is 10.6 Å². The van der Waals surface area contributed by atoms with Gasteiger partial charge in [-0.25, -0.2) is 9.18 Å². The second kappa shape index (κ2) is 6.85. The van der Waals surface area contributed by atoms with E-state index in [1.165, 1.54) is 6.07 Å². The van der Waals surface area contributed by atoms with E-state index in [0.717, 1.165) is 0 Å². The van der Waals surface area contributed by atoms with Crippen LogP contribution in [0.4, 0.5) is 20.6 Å². The van der Waals surface area contributed by atoms with Crippen LogP contribution in [0.15, 0.2) is 10.5 Å². The van der Waals surface area contributed by atoms with E-state index in [1.807, 2.05) is 20.8 Å². The second-order valence-electron chi connectivity index (χ2n) is 6.55. The van der Waals surface area contributed by atoms with Gasteiger partial charge in [-0.05, 0) is 42.8 Å². The van der Waals surface area contributed by atoms with Gasteiger partial charge in [0.15, 0.2) is 5.82 Å². The Morgan fingerprint density at radius 2 is 1.96 bits per heavy atom. The number of rotatable bonds is 1. The zero-order chi connectivity index (χ0) is 18.1. The molecule has 6 nitrogen and oxygen atoms in total. The first-order valence-electron chi connectivity index (χ1n) is 7.54. The quantitative estimate of drug-likeness (QED) is 0.734. The Hall–Kier alpha value is -2.01. The zero-order valence-electron chi connectivity index (χ0n) is 13.9. The number of hydrogen-bond acceptors (Lipinski definition) is 5. The molecule has 1 aliphatic rings. The topological polar surface area (TPSA) is 82.6 Å². The summed E-state index contributed by atoms with van der Waals surface area (Å²) in [5.74, 6) is -0.643. The number of benzene rings is 1. The fraction of sp³-hybridized carbons (Fsp3) is 0.500. The molecule has 0 atom stereocenters. The highest BCUT2D eigenvalue weighted by molar-refractivity contribution is 9.10.